The van der Waals surface area contributed by atoms with Gasteiger partial charge in [-0.1, -0.05) is 11.6 Å². The summed E-state index contributed by atoms with van der Waals surface area (Å²) in [7, 11) is 0. The number of carbonyl (C=O) groups excluding carboxylic acids is 1. The first-order valence-electron chi connectivity index (χ1n) is 9.03. The van der Waals surface area contributed by atoms with E-state index in [4.69, 9.17) is 16.0 Å². The van der Waals surface area contributed by atoms with Gasteiger partial charge in [0.1, 0.15) is 5.75 Å². The topological polar surface area (TPSA) is 68.5 Å². The van der Waals surface area contributed by atoms with Gasteiger partial charge in [-0.3, -0.25) is 4.79 Å². The Balaban J connectivity index is 1.48. The van der Waals surface area contributed by atoms with E-state index in [0.717, 1.165) is 25.0 Å². The molecular weight excluding hydrogens is 423 g/mol. The van der Waals surface area contributed by atoms with E-state index in [1.807, 2.05) is 0 Å². The van der Waals surface area contributed by atoms with Crippen LogP contribution in [-0.4, -0.2) is 33.4 Å². The maximum Gasteiger partial charge on any atom is 0.573 e. The van der Waals surface area contributed by atoms with Gasteiger partial charge in [-0.2, -0.15) is 0 Å². The minimum atomic E-state index is -4.79. The molecule has 156 valence electrons. The monoisotopic (exact) mass is 437 g/mol. The summed E-state index contributed by atoms with van der Waals surface area (Å²) in [4.78, 5) is 14.5. The van der Waals surface area contributed by atoms with E-state index in [9.17, 15) is 18.0 Å². The third-order valence-electron chi connectivity index (χ3n) is 4.45. The van der Waals surface area contributed by atoms with Crippen LogP contribution in [-0.2, 0) is 6.54 Å². The second-order valence-corrected chi connectivity index (χ2v) is 7.18. The number of amides is 1. The van der Waals surface area contributed by atoms with Crippen LogP contribution in [0, 0.1) is 0 Å². The second-order valence-electron chi connectivity index (χ2n) is 6.74. The molecule has 10 heteroatoms. The third kappa shape index (κ3) is 4.91. The van der Waals surface area contributed by atoms with Gasteiger partial charge in [0.05, 0.1) is 6.54 Å². The Morgan fingerprint density at radius 2 is 1.77 bits per heavy atom. The summed E-state index contributed by atoms with van der Waals surface area (Å²) < 4.78 is 46.4. The Labute approximate surface area is 174 Å². The highest BCUT2D eigenvalue weighted by molar-refractivity contribution is 6.30. The van der Waals surface area contributed by atoms with Crippen LogP contribution in [0.5, 0.6) is 5.75 Å². The zero-order valence-electron chi connectivity index (χ0n) is 15.4. The average Bonchev–Trinajstić information content (AvgIpc) is 3.43. The number of carbonyl (C=O) groups is 1. The number of hydrogen-bond acceptors (Lipinski definition) is 5. The van der Waals surface area contributed by atoms with Crippen molar-refractivity contribution in [3.63, 3.8) is 0 Å². The number of rotatable bonds is 6. The number of ether oxygens (including phenoxy) is 1. The molecule has 3 aromatic rings. The first-order chi connectivity index (χ1) is 14.3. The van der Waals surface area contributed by atoms with E-state index in [-0.39, 0.29) is 35.7 Å². The van der Waals surface area contributed by atoms with Gasteiger partial charge in [0.15, 0.2) is 0 Å². The maximum absolute atomic E-state index is 12.9. The molecule has 4 rings (SSSR count). The van der Waals surface area contributed by atoms with Crippen LogP contribution in [0.15, 0.2) is 52.9 Å². The van der Waals surface area contributed by atoms with E-state index in [0.29, 0.717) is 16.5 Å². The fraction of sp³-hybridized carbons (Fsp3) is 0.250. The summed E-state index contributed by atoms with van der Waals surface area (Å²) in [5, 5.41) is 8.59. The Morgan fingerprint density at radius 1 is 1.10 bits per heavy atom. The summed E-state index contributed by atoms with van der Waals surface area (Å²) in [6.45, 7) is 0.102. The molecule has 0 radical (unpaired) electrons. The van der Waals surface area contributed by atoms with Crippen molar-refractivity contribution in [2.75, 3.05) is 0 Å². The summed E-state index contributed by atoms with van der Waals surface area (Å²) in [5.74, 6) is -0.153. The molecule has 1 aromatic heterocycles. The molecule has 30 heavy (non-hydrogen) atoms. The predicted molar refractivity (Wildman–Crippen MR) is 101 cm³/mol. The molecule has 0 aliphatic heterocycles. The van der Waals surface area contributed by atoms with E-state index < -0.39 is 6.36 Å². The van der Waals surface area contributed by atoms with Gasteiger partial charge in [0, 0.05) is 22.2 Å². The highest BCUT2D eigenvalue weighted by Crippen LogP contribution is 2.31. The molecule has 1 saturated carbocycles. The third-order valence-corrected chi connectivity index (χ3v) is 4.70. The molecule has 1 aliphatic carbocycles. The van der Waals surface area contributed by atoms with Gasteiger partial charge in [0.25, 0.3) is 5.91 Å². The van der Waals surface area contributed by atoms with E-state index >= 15 is 0 Å². The predicted octanol–water partition coefficient (Wildman–Crippen LogP) is 5.09. The van der Waals surface area contributed by atoms with Gasteiger partial charge in [-0.05, 0) is 61.4 Å². The highest BCUT2D eigenvalue weighted by atomic mass is 35.5. The largest absolute Gasteiger partial charge is 0.573 e. The Morgan fingerprint density at radius 3 is 2.37 bits per heavy atom. The molecule has 0 atom stereocenters. The number of aromatic nitrogens is 2. The van der Waals surface area contributed by atoms with Crippen LogP contribution in [0.4, 0.5) is 13.2 Å². The van der Waals surface area contributed by atoms with Crippen molar-refractivity contribution in [3.05, 3.63) is 65.0 Å². The van der Waals surface area contributed by atoms with Crippen molar-refractivity contribution in [1.82, 2.24) is 15.1 Å². The van der Waals surface area contributed by atoms with Crippen LogP contribution < -0.4 is 4.74 Å². The first kappa shape index (κ1) is 20.2. The minimum absolute atomic E-state index is 0.0227. The molecule has 0 bridgehead atoms. The summed E-state index contributed by atoms with van der Waals surface area (Å²) in [5.41, 5.74) is 0.941. The molecule has 1 heterocycles. The number of alkyl halides is 3. The number of halogens is 4. The fourth-order valence-corrected chi connectivity index (χ4v) is 3.02. The lowest BCUT2D eigenvalue weighted by Gasteiger charge is -2.20. The van der Waals surface area contributed by atoms with Crippen molar-refractivity contribution in [2.24, 2.45) is 0 Å². The van der Waals surface area contributed by atoms with Crippen molar-refractivity contribution in [3.8, 4) is 17.2 Å². The van der Waals surface area contributed by atoms with E-state index in [2.05, 4.69) is 14.9 Å². The molecule has 1 fully saturated rings. The lowest BCUT2D eigenvalue weighted by molar-refractivity contribution is -0.274. The first-order valence-corrected chi connectivity index (χ1v) is 9.41. The highest BCUT2D eigenvalue weighted by Gasteiger charge is 2.35. The number of hydrogen-bond donors (Lipinski definition) is 0. The van der Waals surface area contributed by atoms with Gasteiger partial charge >= 0.3 is 6.36 Å². The van der Waals surface area contributed by atoms with Gasteiger partial charge in [-0.15, -0.1) is 23.4 Å². The molecule has 0 saturated heterocycles. The zero-order valence-corrected chi connectivity index (χ0v) is 16.2. The van der Waals surface area contributed by atoms with Crippen molar-refractivity contribution < 1.29 is 27.1 Å². The lowest BCUT2D eigenvalue weighted by Crippen LogP contribution is -2.32. The lowest BCUT2D eigenvalue weighted by atomic mass is 10.2. The summed E-state index contributed by atoms with van der Waals surface area (Å²) >= 11 is 5.87. The van der Waals surface area contributed by atoms with Crippen molar-refractivity contribution >= 4 is 17.5 Å². The Bertz CT molecular complexity index is 1030. The maximum atomic E-state index is 12.9. The van der Waals surface area contributed by atoms with Crippen LogP contribution in [0.1, 0.15) is 29.1 Å². The number of nitrogens with zero attached hydrogens (tertiary/aromatic N) is 3. The van der Waals surface area contributed by atoms with E-state index in [1.54, 1.807) is 29.2 Å². The normalized spacial score (nSPS) is 13.9. The standard InChI is InChI=1S/C20H15ClF3N3O3/c21-14-5-1-12(2-6-14)18-26-25-17(29-18)11-27(15-7-8-15)19(28)13-3-9-16(10-4-13)30-20(22,23)24/h1-6,9-10,15H,7-8,11H2. The molecule has 1 amide bonds. The zero-order chi connectivity index (χ0) is 21.3. The molecule has 2 aromatic carbocycles. The molecular formula is C20H15ClF3N3O3. The fourth-order valence-electron chi connectivity index (χ4n) is 2.89. The van der Waals surface area contributed by atoms with Gasteiger partial charge in [0.2, 0.25) is 11.8 Å². The second kappa shape index (κ2) is 7.98. The smallest absolute Gasteiger partial charge is 0.419 e. The van der Waals surface area contributed by atoms with Gasteiger partial charge in [-0.25, -0.2) is 0 Å². The van der Waals surface area contributed by atoms with E-state index in [1.165, 1.54) is 12.1 Å². The SMILES string of the molecule is O=C(c1ccc(OC(F)(F)F)cc1)N(Cc1nnc(-c2ccc(Cl)cc2)o1)C1CC1. The number of benzene rings is 2. The van der Waals surface area contributed by atoms with Crippen molar-refractivity contribution in [2.45, 2.75) is 31.8 Å². The van der Waals surface area contributed by atoms with Crippen LogP contribution in [0.2, 0.25) is 5.02 Å². The average molecular weight is 438 g/mol. The molecule has 0 spiro atoms. The summed E-state index contributed by atoms with van der Waals surface area (Å²) in [6.07, 6.45) is -3.12. The van der Waals surface area contributed by atoms with Crippen molar-refractivity contribution in [1.29, 1.82) is 0 Å². The Kier molecular flexibility index (Phi) is 5.38. The Hall–Kier alpha value is -3.07. The van der Waals surface area contributed by atoms with Gasteiger partial charge < -0.3 is 14.1 Å². The molecule has 6 nitrogen and oxygen atoms in total. The summed E-state index contributed by atoms with van der Waals surface area (Å²) in [6, 6.07) is 11.7. The van der Waals surface area contributed by atoms with Crippen LogP contribution >= 0.6 is 11.6 Å². The molecule has 0 unspecified atom stereocenters. The quantitative estimate of drug-likeness (QED) is 0.537. The minimum Gasteiger partial charge on any atom is -0.419 e. The van der Waals surface area contributed by atoms with Crippen LogP contribution in [0.3, 0.4) is 0 Å². The molecule has 0 N–H and O–H groups in total. The van der Waals surface area contributed by atoms with Crippen LogP contribution in [0.25, 0.3) is 11.5 Å². The molecule has 1 aliphatic rings.